The molecule has 0 atom stereocenters. The van der Waals surface area contributed by atoms with Crippen LogP contribution >= 0.6 is 0 Å². The third-order valence-corrected chi connectivity index (χ3v) is 2.76. The minimum absolute atomic E-state index is 0.309. The topological polar surface area (TPSA) is 82.3 Å². The van der Waals surface area contributed by atoms with Crippen molar-refractivity contribution in [2.45, 2.75) is 0 Å². The van der Waals surface area contributed by atoms with E-state index < -0.39 is 0 Å². The van der Waals surface area contributed by atoms with E-state index in [0.29, 0.717) is 13.1 Å². The van der Waals surface area contributed by atoms with Crippen LogP contribution in [-0.2, 0) is 0 Å². The largest absolute Gasteiger partial charge is 0.336 e. The zero-order valence-corrected chi connectivity index (χ0v) is 12.0. The first-order valence-corrected chi connectivity index (χ1v) is 6.94. The van der Waals surface area contributed by atoms with Gasteiger partial charge in [-0.3, -0.25) is 0 Å². The second-order valence-corrected chi connectivity index (χ2v) is 4.49. The van der Waals surface area contributed by atoms with E-state index in [1.807, 2.05) is 36.4 Å². The molecule has 2 aromatic rings. The van der Waals surface area contributed by atoms with E-state index in [9.17, 15) is 9.59 Å². The molecule has 6 heteroatoms. The lowest BCUT2D eigenvalue weighted by atomic mass is 10.3. The van der Waals surface area contributed by atoms with Crippen molar-refractivity contribution >= 4 is 23.4 Å². The standard InChI is InChI=1S/C16H18N4O2/c21-15(19-13-7-3-1-4-8-13)17-11-12-18-16(22)20-14-9-5-2-6-10-14/h1-10H,11-12H2,(H2,17,19,21)(H2,18,20,22). The molecular weight excluding hydrogens is 280 g/mol. The third-order valence-electron chi connectivity index (χ3n) is 2.76. The predicted molar refractivity (Wildman–Crippen MR) is 86.9 cm³/mol. The zero-order valence-electron chi connectivity index (χ0n) is 12.0. The fourth-order valence-electron chi connectivity index (χ4n) is 1.75. The van der Waals surface area contributed by atoms with Crippen LogP contribution in [-0.4, -0.2) is 25.2 Å². The molecule has 4 amide bonds. The van der Waals surface area contributed by atoms with Gasteiger partial charge in [0, 0.05) is 24.5 Å². The highest BCUT2D eigenvalue weighted by Crippen LogP contribution is 2.04. The first-order valence-electron chi connectivity index (χ1n) is 6.94. The van der Waals surface area contributed by atoms with Crippen LogP contribution in [0.25, 0.3) is 0 Å². The summed E-state index contributed by atoms with van der Waals surface area (Å²) in [6, 6.07) is 17.7. The number of benzene rings is 2. The Hall–Kier alpha value is -3.02. The van der Waals surface area contributed by atoms with Gasteiger partial charge in [0.15, 0.2) is 0 Å². The summed E-state index contributed by atoms with van der Waals surface area (Å²) in [6.07, 6.45) is 0. The van der Waals surface area contributed by atoms with Crippen molar-refractivity contribution in [3.05, 3.63) is 60.7 Å². The van der Waals surface area contributed by atoms with E-state index in [1.165, 1.54) is 0 Å². The van der Waals surface area contributed by atoms with Crippen LogP contribution in [0, 0.1) is 0 Å². The van der Waals surface area contributed by atoms with Crippen LogP contribution in [0.1, 0.15) is 0 Å². The highest BCUT2D eigenvalue weighted by Gasteiger charge is 2.02. The molecule has 0 fully saturated rings. The smallest absolute Gasteiger partial charge is 0.319 e. The van der Waals surface area contributed by atoms with Gasteiger partial charge in [-0.05, 0) is 24.3 Å². The van der Waals surface area contributed by atoms with Crippen molar-refractivity contribution in [2.75, 3.05) is 23.7 Å². The van der Waals surface area contributed by atoms with Crippen LogP contribution in [0.15, 0.2) is 60.7 Å². The molecule has 0 unspecified atom stereocenters. The maximum atomic E-state index is 11.6. The average molecular weight is 298 g/mol. The van der Waals surface area contributed by atoms with Gasteiger partial charge < -0.3 is 21.3 Å². The Balaban J connectivity index is 1.60. The van der Waals surface area contributed by atoms with Crippen LogP contribution in [0.4, 0.5) is 21.0 Å². The number of urea groups is 2. The first-order chi connectivity index (χ1) is 10.7. The molecule has 0 saturated carbocycles. The van der Waals surface area contributed by atoms with Crippen molar-refractivity contribution in [1.29, 1.82) is 0 Å². The molecule has 0 aliphatic rings. The number of rotatable bonds is 5. The second kappa shape index (κ2) is 8.31. The van der Waals surface area contributed by atoms with Crippen LogP contribution in [0.2, 0.25) is 0 Å². The molecule has 0 aliphatic heterocycles. The Morgan fingerprint density at radius 3 is 1.36 bits per heavy atom. The molecule has 0 aliphatic carbocycles. The Kier molecular flexibility index (Phi) is 5.80. The van der Waals surface area contributed by atoms with Crippen molar-refractivity contribution < 1.29 is 9.59 Å². The molecular formula is C16H18N4O2. The van der Waals surface area contributed by atoms with Gasteiger partial charge in [0.1, 0.15) is 0 Å². The number of carbonyl (C=O) groups is 2. The fraction of sp³-hybridized carbons (Fsp3) is 0.125. The number of para-hydroxylation sites is 2. The number of carbonyl (C=O) groups excluding carboxylic acids is 2. The molecule has 0 radical (unpaired) electrons. The molecule has 0 spiro atoms. The summed E-state index contributed by atoms with van der Waals surface area (Å²) in [5.41, 5.74) is 1.43. The normalized spacial score (nSPS) is 9.64. The monoisotopic (exact) mass is 298 g/mol. The van der Waals surface area contributed by atoms with Gasteiger partial charge in [0.2, 0.25) is 0 Å². The van der Waals surface area contributed by atoms with Gasteiger partial charge in [-0.25, -0.2) is 9.59 Å². The maximum Gasteiger partial charge on any atom is 0.319 e. The maximum absolute atomic E-state index is 11.6. The zero-order chi connectivity index (χ0) is 15.6. The van der Waals surface area contributed by atoms with Gasteiger partial charge in [-0.2, -0.15) is 0 Å². The van der Waals surface area contributed by atoms with Gasteiger partial charge in [0.05, 0.1) is 0 Å². The van der Waals surface area contributed by atoms with Crippen LogP contribution < -0.4 is 21.3 Å². The Bertz CT molecular complexity index is 547. The summed E-state index contributed by atoms with van der Waals surface area (Å²) < 4.78 is 0. The fourth-order valence-corrected chi connectivity index (χ4v) is 1.75. The molecule has 22 heavy (non-hydrogen) atoms. The predicted octanol–water partition coefficient (Wildman–Crippen LogP) is 2.63. The minimum atomic E-state index is -0.309. The molecule has 0 bridgehead atoms. The molecule has 2 aromatic carbocycles. The second-order valence-electron chi connectivity index (χ2n) is 4.49. The summed E-state index contributed by atoms with van der Waals surface area (Å²) in [7, 11) is 0. The summed E-state index contributed by atoms with van der Waals surface area (Å²) in [4.78, 5) is 23.2. The number of hydrogen-bond donors (Lipinski definition) is 4. The van der Waals surface area contributed by atoms with Gasteiger partial charge in [-0.15, -0.1) is 0 Å². The molecule has 2 rings (SSSR count). The van der Waals surface area contributed by atoms with E-state index >= 15 is 0 Å². The Labute approximate surface area is 128 Å². The minimum Gasteiger partial charge on any atom is -0.336 e. The quantitative estimate of drug-likeness (QED) is 0.640. The third kappa shape index (κ3) is 5.54. The lowest BCUT2D eigenvalue weighted by molar-refractivity contribution is 0.248. The molecule has 0 heterocycles. The summed E-state index contributed by atoms with van der Waals surface area (Å²) in [6.45, 7) is 0.668. The Morgan fingerprint density at radius 1 is 0.636 bits per heavy atom. The highest BCUT2D eigenvalue weighted by molar-refractivity contribution is 5.90. The first kappa shape index (κ1) is 15.4. The lowest BCUT2D eigenvalue weighted by Crippen LogP contribution is -2.38. The van der Waals surface area contributed by atoms with E-state index in [2.05, 4.69) is 21.3 Å². The molecule has 0 saturated heterocycles. The van der Waals surface area contributed by atoms with Crippen molar-refractivity contribution in [2.24, 2.45) is 0 Å². The lowest BCUT2D eigenvalue weighted by Gasteiger charge is -2.09. The number of hydrogen-bond acceptors (Lipinski definition) is 2. The van der Waals surface area contributed by atoms with Gasteiger partial charge in [0.25, 0.3) is 0 Å². The number of anilines is 2. The summed E-state index contributed by atoms with van der Waals surface area (Å²) in [5.74, 6) is 0. The molecule has 114 valence electrons. The summed E-state index contributed by atoms with van der Waals surface area (Å²) >= 11 is 0. The molecule has 4 N–H and O–H groups in total. The van der Waals surface area contributed by atoms with Crippen LogP contribution in [0.5, 0.6) is 0 Å². The molecule has 6 nitrogen and oxygen atoms in total. The van der Waals surface area contributed by atoms with E-state index in [0.717, 1.165) is 11.4 Å². The Morgan fingerprint density at radius 2 is 1.00 bits per heavy atom. The average Bonchev–Trinajstić information content (AvgIpc) is 2.53. The van der Waals surface area contributed by atoms with E-state index in [1.54, 1.807) is 24.3 Å². The number of amides is 4. The summed E-state index contributed by atoms with van der Waals surface area (Å²) in [5, 5.41) is 10.7. The van der Waals surface area contributed by atoms with Gasteiger partial charge >= 0.3 is 12.1 Å². The van der Waals surface area contributed by atoms with E-state index in [4.69, 9.17) is 0 Å². The van der Waals surface area contributed by atoms with Crippen molar-refractivity contribution in [3.63, 3.8) is 0 Å². The van der Waals surface area contributed by atoms with Crippen molar-refractivity contribution in [3.8, 4) is 0 Å². The number of nitrogens with one attached hydrogen (secondary N) is 4. The van der Waals surface area contributed by atoms with Crippen molar-refractivity contribution in [1.82, 2.24) is 10.6 Å². The highest BCUT2D eigenvalue weighted by atomic mass is 16.2. The van der Waals surface area contributed by atoms with Gasteiger partial charge in [-0.1, -0.05) is 36.4 Å². The van der Waals surface area contributed by atoms with E-state index in [-0.39, 0.29) is 12.1 Å². The van der Waals surface area contributed by atoms with Crippen LogP contribution in [0.3, 0.4) is 0 Å². The SMILES string of the molecule is O=C(NCCNC(=O)Nc1ccccc1)Nc1ccccc1. The molecule has 0 aromatic heterocycles.